The van der Waals surface area contributed by atoms with Gasteiger partial charge in [-0.2, -0.15) is 0 Å². The van der Waals surface area contributed by atoms with Crippen LogP contribution in [0.1, 0.15) is 0 Å². The summed E-state index contributed by atoms with van der Waals surface area (Å²) in [5.74, 6) is -0.999. The monoisotopic (exact) mass is 244 g/mol. The number of carbonyl (C=O) groups is 1. The Balaban J connectivity index is 2.14. The third-order valence-electron chi connectivity index (χ3n) is 1.30. The Hall–Kier alpha value is -1.55. The maximum absolute atomic E-state index is 10.5. The molecule has 0 saturated carbocycles. The van der Waals surface area contributed by atoms with Crippen molar-refractivity contribution in [1.29, 1.82) is 0 Å². The van der Waals surface area contributed by atoms with Gasteiger partial charge < -0.3 is 5.11 Å². The molecule has 0 saturated heterocycles. The van der Waals surface area contributed by atoms with Crippen LogP contribution in [0.25, 0.3) is 0 Å². The van der Waals surface area contributed by atoms with Crippen LogP contribution in [0.4, 0.5) is 0 Å². The fourth-order valence-electron chi connectivity index (χ4n) is 0.782. The minimum Gasteiger partial charge on any atom is -0.480 e. The number of aliphatic carboxylic acids is 1. The summed E-state index contributed by atoms with van der Waals surface area (Å²) in [5.41, 5.74) is 1.58. The number of hydrogen-bond donors (Lipinski definition) is 1. The molecule has 0 spiro atoms. The van der Waals surface area contributed by atoms with Crippen molar-refractivity contribution in [3.8, 4) is 0 Å². The van der Waals surface area contributed by atoms with Gasteiger partial charge in [0.05, 0.1) is 0 Å². The van der Waals surface area contributed by atoms with E-state index < -0.39 is 5.97 Å². The molecule has 0 radical (unpaired) electrons. The molecule has 2 rings (SSSR count). The fraction of sp³-hybridized carbons (Fsp3) is 0.200. The fourth-order valence-corrected chi connectivity index (χ4v) is 2.13. The predicted molar refractivity (Wildman–Crippen MR) is 49.5 cm³/mol. The topological polar surface area (TPSA) is 107 Å². The highest BCUT2D eigenvalue weighted by molar-refractivity contribution is 8.00. The summed E-state index contributed by atoms with van der Waals surface area (Å²) >= 11 is 2.51. The first kappa shape index (κ1) is 9.98. The quantitative estimate of drug-likeness (QED) is 0.785. The zero-order valence-electron chi connectivity index (χ0n) is 7.14. The van der Waals surface area contributed by atoms with E-state index in [0.29, 0.717) is 9.50 Å². The highest BCUT2D eigenvalue weighted by Gasteiger charge is 2.12. The molecule has 0 bridgehead atoms. The lowest BCUT2D eigenvalue weighted by atomic mass is 10.7. The molecule has 1 N–H and O–H groups in total. The van der Waals surface area contributed by atoms with E-state index in [2.05, 4.69) is 25.7 Å². The molecule has 2 aromatic rings. The summed E-state index contributed by atoms with van der Waals surface area (Å²) in [6.07, 6.45) is 0. The van der Waals surface area contributed by atoms with Crippen molar-refractivity contribution in [1.82, 2.24) is 30.4 Å². The number of tetrazole rings is 1. The first-order valence-electron chi connectivity index (χ1n) is 3.67. The van der Waals surface area contributed by atoms with Gasteiger partial charge in [-0.15, -0.1) is 15.3 Å². The molecule has 0 aliphatic rings. The van der Waals surface area contributed by atoms with Gasteiger partial charge >= 0.3 is 5.97 Å². The van der Waals surface area contributed by atoms with Crippen LogP contribution in [-0.2, 0) is 11.3 Å². The molecule has 15 heavy (non-hydrogen) atoms. The number of nitrogens with zero attached hydrogens (tertiary/aromatic N) is 6. The van der Waals surface area contributed by atoms with Gasteiger partial charge in [-0.25, -0.2) is 4.68 Å². The maximum atomic E-state index is 10.5. The van der Waals surface area contributed by atoms with Crippen LogP contribution in [0, 0.1) is 0 Å². The van der Waals surface area contributed by atoms with Crippen LogP contribution in [0.2, 0.25) is 0 Å². The molecule has 78 valence electrons. The lowest BCUT2D eigenvalue weighted by Gasteiger charge is -1.97. The normalized spacial score (nSPS) is 10.4. The molecular formula is C5H4N6O2S2. The second kappa shape index (κ2) is 4.31. The Morgan fingerprint density at radius 1 is 1.60 bits per heavy atom. The van der Waals surface area contributed by atoms with Crippen LogP contribution >= 0.6 is 23.1 Å². The van der Waals surface area contributed by atoms with E-state index in [1.54, 1.807) is 5.51 Å². The second-order valence-electron chi connectivity index (χ2n) is 2.32. The average Bonchev–Trinajstić information content (AvgIpc) is 2.78. The molecule has 0 fully saturated rings. The molecular weight excluding hydrogens is 240 g/mol. The Morgan fingerprint density at radius 3 is 3.13 bits per heavy atom. The van der Waals surface area contributed by atoms with Gasteiger partial charge in [-0.1, -0.05) is 11.3 Å². The Labute approximate surface area is 91.3 Å². The lowest BCUT2D eigenvalue weighted by Crippen LogP contribution is -2.11. The van der Waals surface area contributed by atoms with Gasteiger partial charge in [-0.3, -0.25) is 4.79 Å². The van der Waals surface area contributed by atoms with Crippen molar-refractivity contribution >= 4 is 29.1 Å². The van der Waals surface area contributed by atoms with E-state index in [1.165, 1.54) is 27.8 Å². The molecule has 8 nitrogen and oxygen atoms in total. The van der Waals surface area contributed by atoms with Gasteiger partial charge in [0.2, 0.25) is 5.16 Å². The van der Waals surface area contributed by atoms with Crippen LogP contribution in [0.5, 0.6) is 0 Å². The third kappa shape index (κ3) is 2.47. The van der Waals surface area contributed by atoms with Crippen LogP contribution in [-0.4, -0.2) is 41.5 Å². The smallest absolute Gasteiger partial charge is 0.325 e. The van der Waals surface area contributed by atoms with E-state index in [4.69, 9.17) is 5.11 Å². The Bertz CT molecular complexity index is 454. The molecule has 0 atom stereocenters. The van der Waals surface area contributed by atoms with Gasteiger partial charge in [0, 0.05) is 0 Å². The van der Waals surface area contributed by atoms with Gasteiger partial charge in [0.1, 0.15) is 12.1 Å². The van der Waals surface area contributed by atoms with Crippen molar-refractivity contribution in [2.75, 3.05) is 0 Å². The van der Waals surface area contributed by atoms with Crippen molar-refractivity contribution < 1.29 is 9.90 Å². The summed E-state index contributed by atoms with van der Waals surface area (Å²) in [6, 6.07) is 0. The van der Waals surface area contributed by atoms with Crippen molar-refractivity contribution in [3.05, 3.63) is 5.51 Å². The average molecular weight is 244 g/mol. The van der Waals surface area contributed by atoms with Crippen molar-refractivity contribution in [3.63, 3.8) is 0 Å². The van der Waals surface area contributed by atoms with E-state index in [0.717, 1.165) is 0 Å². The number of rotatable bonds is 4. The standard InChI is InChI=1S/C5H4N6O2S2/c12-3(13)1-11-4(7-9-10-11)15-5-8-6-2-14-5/h2H,1H2,(H,12,13). The number of carboxylic acids is 1. The molecule has 0 unspecified atom stereocenters. The SMILES string of the molecule is O=C(O)Cn1nnnc1Sc1nncs1. The van der Waals surface area contributed by atoms with Crippen LogP contribution in [0.15, 0.2) is 15.0 Å². The Kier molecular flexibility index (Phi) is 2.87. The van der Waals surface area contributed by atoms with E-state index >= 15 is 0 Å². The summed E-state index contributed by atoms with van der Waals surface area (Å²) < 4.78 is 1.85. The summed E-state index contributed by atoms with van der Waals surface area (Å²) in [5, 5.41) is 27.0. The van der Waals surface area contributed by atoms with Gasteiger partial charge in [0.15, 0.2) is 4.34 Å². The summed E-state index contributed by atoms with van der Waals surface area (Å²) in [6.45, 7) is -0.270. The predicted octanol–water partition coefficient (Wildman–Crippen LogP) is -0.240. The van der Waals surface area contributed by atoms with Crippen LogP contribution in [0.3, 0.4) is 0 Å². The van der Waals surface area contributed by atoms with Crippen molar-refractivity contribution in [2.24, 2.45) is 0 Å². The number of hydrogen-bond acceptors (Lipinski definition) is 8. The molecule has 0 aliphatic carbocycles. The summed E-state index contributed by atoms with van der Waals surface area (Å²) in [4.78, 5) is 10.5. The van der Waals surface area contributed by atoms with E-state index in [-0.39, 0.29) is 6.54 Å². The molecule has 10 heteroatoms. The number of carboxylic acid groups (broad SMARTS) is 1. The molecule has 0 amide bonds. The minimum atomic E-state index is -0.999. The number of aromatic nitrogens is 6. The largest absolute Gasteiger partial charge is 0.480 e. The van der Waals surface area contributed by atoms with E-state index in [9.17, 15) is 4.79 Å². The van der Waals surface area contributed by atoms with Crippen molar-refractivity contribution in [2.45, 2.75) is 16.0 Å². The first-order valence-corrected chi connectivity index (χ1v) is 5.37. The molecule has 0 aromatic carbocycles. The lowest BCUT2D eigenvalue weighted by molar-refractivity contribution is -0.138. The molecule has 2 aromatic heterocycles. The van der Waals surface area contributed by atoms with E-state index in [1.807, 2.05) is 0 Å². The first-order chi connectivity index (χ1) is 7.25. The molecule has 2 heterocycles. The third-order valence-corrected chi connectivity index (χ3v) is 3.06. The zero-order valence-corrected chi connectivity index (χ0v) is 8.77. The van der Waals surface area contributed by atoms with Gasteiger partial charge in [0.25, 0.3) is 0 Å². The minimum absolute atomic E-state index is 0.270. The second-order valence-corrected chi connectivity index (χ2v) is 4.37. The zero-order chi connectivity index (χ0) is 10.7. The summed E-state index contributed by atoms with van der Waals surface area (Å²) in [7, 11) is 0. The Morgan fingerprint density at radius 2 is 2.47 bits per heavy atom. The molecule has 0 aliphatic heterocycles. The highest BCUT2D eigenvalue weighted by atomic mass is 32.2. The van der Waals surface area contributed by atoms with Gasteiger partial charge in [-0.05, 0) is 22.2 Å². The highest BCUT2D eigenvalue weighted by Crippen LogP contribution is 2.25. The maximum Gasteiger partial charge on any atom is 0.325 e. The van der Waals surface area contributed by atoms with Crippen LogP contribution < -0.4 is 0 Å².